The fourth-order valence-electron chi connectivity index (χ4n) is 2.43. The average Bonchev–Trinajstić information content (AvgIpc) is 2.28. The molecule has 0 spiro atoms. The highest BCUT2D eigenvalue weighted by Gasteiger charge is 2.20. The zero-order chi connectivity index (χ0) is 13.7. The maximum absolute atomic E-state index is 10.9. The van der Waals surface area contributed by atoms with E-state index in [1.54, 1.807) is 12.1 Å². The number of aryl methyl sites for hydroxylation is 1. The predicted octanol–water partition coefficient (Wildman–Crippen LogP) is 3.15. The van der Waals surface area contributed by atoms with Gasteiger partial charge in [0.15, 0.2) is 0 Å². The Kier molecular flexibility index (Phi) is 5.28. The van der Waals surface area contributed by atoms with Crippen LogP contribution >= 0.6 is 0 Å². The summed E-state index contributed by atoms with van der Waals surface area (Å²) < 4.78 is 0. The van der Waals surface area contributed by atoms with Gasteiger partial charge in [-0.05, 0) is 31.6 Å². The Labute approximate surface area is 108 Å². The van der Waals surface area contributed by atoms with Crippen LogP contribution in [0, 0.1) is 22.0 Å². The van der Waals surface area contributed by atoms with Crippen molar-refractivity contribution in [3.05, 3.63) is 39.9 Å². The first kappa shape index (κ1) is 14.6. The number of rotatable bonds is 6. The summed E-state index contributed by atoms with van der Waals surface area (Å²) >= 11 is 0. The molecule has 0 amide bonds. The van der Waals surface area contributed by atoms with Gasteiger partial charge in [-0.25, -0.2) is 0 Å². The number of benzene rings is 1. The molecule has 4 heteroatoms. The van der Waals surface area contributed by atoms with E-state index in [1.165, 1.54) is 0 Å². The molecule has 0 bridgehead atoms. The van der Waals surface area contributed by atoms with Gasteiger partial charge in [0.25, 0.3) is 5.69 Å². The molecule has 0 aliphatic rings. The van der Waals surface area contributed by atoms with Crippen LogP contribution in [0.4, 0.5) is 5.69 Å². The number of nitro groups is 1. The topological polar surface area (TPSA) is 69.2 Å². The quantitative estimate of drug-likeness (QED) is 0.623. The summed E-state index contributed by atoms with van der Waals surface area (Å²) in [6.45, 7) is 6.30. The van der Waals surface area contributed by atoms with Crippen LogP contribution in [-0.4, -0.2) is 11.0 Å². The molecule has 1 aromatic carbocycles. The summed E-state index contributed by atoms with van der Waals surface area (Å²) in [5.74, 6) is 0.887. The summed E-state index contributed by atoms with van der Waals surface area (Å²) in [5.41, 5.74) is 6.98. The molecule has 0 saturated carbocycles. The number of hydrogen-bond acceptors (Lipinski definition) is 3. The largest absolute Gasteiger partial charge is 0.328 e. The maximum atomic E-state index is 10.9. The molecular weight excluding hydrogens is 228 g/mol. The van der Waals surface area contributed by atoms with Crippen LogP contribution < -0.4 is 5.73 Å². The zero-order valence-electron chi connectivity index (χ0n) is 11.3. The van der Waals surface area contributed by atoms with E-state index in [4.69, 9.17) is 5.73 Å². The van der Waals surface area contributed by atoms with Crippen molar-refractivity contribution in [3.8, 4) is 0 Å². The van der Waals surface area contributed by atoms with Crippen molar-refractivity contribution < 1.29 is 4.92 Å². The standard InChI is InChI=1S/C14H22N2O2/c1-10(2)13(11(3)15)9-8-12-6-4-5-7-14(12)16(17)18/h4-7,10-11,13H,8-9,15H2,1-3H3. The second-order valence-electron chi connectivity index (χ2n) is 5.19. The SMILES string of the molecule is CC(C)C(CCc1ccccc1[N+](=O)[O-])C(C)N. The zero-order valence-corrected chi connectivity index (χ0v) is 11.3. The molecule has 0 aromatic heterocycles. The highest BCUT2D eigenvalue weighted by Crippen LogP contribution is 2.24. The Hall–Kier alpha value is -1.42. The Morgan fingerprint density at radius 2 is 1.89 bits per heavy atom. The van der Waals surface area contributed by atoms with E-state index >= 15 is 0 Å². The molecule has 2 N–H and O–H groups in total. The van der Waals surface area contributed by atoms with E-state index in [9.17, 15) is 10.1 Å². The Morgan fingerprint density at radius 3 is 2.39 bits per heavy atom. The molecule has 18 heavy (non-hydrogen) atoms. The molecule has 0 heterocycles. The van der Waals surface area contributed by atoms with Crippen LogP contribution in [-0.2, 0) is 6.42 Å². The normalized spacial score (nSPS) is 14.5. The molecule has 4 nitrogen and oxygen atoms in total. The fourth-order valence-corrected chi connectivity index (χ4v) is 2.43. The third-order valence-corrected chi connectivity index (χ3v) is 3.47. The summed E-state index contributed by atoms with van der Waals surface area (Å²) in [6, 6.07) is 7.06. The van der Waals surface area contributed by atoms with E-state index < -0.39 is 0 Å². The third-order valence-electron chi connectivity index (χ3n) is 3.47. The first-order chi connectivity index (χ1) is 8.43. The molecule has 2 unspecified atom stereocenters. The summed E-state index contributed by atoms with van der Waals surface area (Å²) in [7, 11) is 0. The van der Waals surface area contributed by atoms with Crippen molar-refractivity contribution in [3.63, 3.8) is 0 Å². The van der Waals surface area contributed by atoms with Gasteiger partial charge in [-0.1, -0.05) is 32.0 Å². The van der Waals surface area contributed by atoms with Crippen LogP contribution in [0.1, 0.15) is 32.8 Å². The number of nitrogens with two attached hydrogens (primary N) is 1. The minimum absolute atomic E-state index is 0.118. The van der Waals surface area contributed by atoms with Crippen molar-refractivity contribution in [1.82, 2.24) is 0 Å². The van der Waals surface area contributed by atoms with Crippen LogP contribution in [0.25, 0.3) is 0 Å². The molecule has 1 aromatic rings. The fraction of sp³-hybridized carbons (Fsp3) is 0.571. The monoisotopic (exact) mass is 250 g/mol. The van der Waals surface area contributed by atoms with E-state index in [1.807, 2.05) is 19.1 Å². The molecule has 0 aliphatic carbocycles. The van der Waals surface area contributed by atoms with Crippen molar-refractivity contribution in [2.75, 3.05) is 0 Å². The van der Waals surface area contributed by atoms with Gasteiger partial charge in [-0.3, -0.25) is 10.1 Å². The molecule has 0 radical (unpaired) electrons. The number of para-hydroxylation sites is 1. The Balaban J connectivity index is 2.76. The lowest BCUT2D eigenvalue weighted by atomic mass is 9.84. The maximum Gasteiger partial charge on any atom is 0.272 e. The molecule has 2 atom stereocenters. The molecule has 0 saturated heterocycles. The number of hydrogen-bond donors (Lipinski definition) is 1. The Bertz CT molecular complexity index is 395. The van der Waals surface area contributed by atoms with Gasteiger partial charge >= 0.3 is 0 Å². The minimum atomic E-state index is -0.314. The smallest absolute Gasteiger partial charge is 0.272 e. The molecule has 1 rings (SSSR count). The summed E-state index contributed by atoms with van der Waals surface area (Å²) in [5, 5.41) is 10.9. The van der Waals surface area contributed by atoms with Crippen molar-refractivity contribution in [2.45, 2.75) is 39.7 Å². The van der Waals surface area contributed by atoms with Gasteiger partial charge in [0.05, 0.1) is 4.92 Å². The van der Waals surface area contributed by atoms with Gasteiger partial charge in [0.1, 0.15) is 0 Å². The number of nitro benzene ring substituents is 1. The molecular formula is C14H22N2O2. The van der Waals surface area contributed by atoms with Gasteiger partial charge in [-0.15, -0.1) is 0 Å². The minimum Gasteiger partial charge on any atom is -0.328 e. The Morgan fingerprint density at radius 1 is 1.28 bits per heavy atom. The second kappa shape index (κ2) is 6.50. The number of nitrogens with zero attached hydrogens (tertiary/aromatic N) is 1. The van der Waals surface area contributed by atoms with Crippen LogP contribution in [0.15, 0.2) is 24.3 Å². The first-order valence-corrected chi connectivity index (χ1v) is 6.41. The van der Waals surface area contributed by atoms with Crippen LogP contribution in [0.5, 0.6) is 0 Å². The second-order valence-corrected chi connectivity index (χ2v) is 5.19. The highest BCUT2D eigenvalue weighted by atomic mass is 16.6. The summed E-state index contributed by atoms with van der Waals surface area (Å²) in [4.78, 5) is 10.6. The van der Waals surface area contributed by atoms with Gasteiger partial charge in [0, 0.05) is 17.7 Å². The van der Waals surface area contributed by atoms with Crippen molar-refractivity contribution >= 4 is 5.69 Å². The molecule has 100 valence electrons. The lowest BCUT2D eigenvalue weighted by molar-refractivity contribution is -0.385. The lowest BCUT2D eigenvalue weighted by Gasteiger charge is -2.24. The lowest BCUT2D eigenvalue weighted by Crippen LogP contribution is -2.30. The first-order valence-electron chi connectivity index (χ1n) is 6.41. The molecule has 0 aliphatic heterocycles. The van der Waals surface area contributed by atoms with E-state index in [2.05, 4.69) is 13.8 Å². The predicted molar refractivity (Wildman–Crippen MR) is 73.4 cm³/mol. The van der Waals surface area contributed by atoms with E-state index in [0.717, 1.165) is 12.0 Å². The third kappa shape index (κ3) is 3.81. The van der Waals surface area contributed by atoms with Crippen molar-refractivity contribution in [2.24, 2.45) is 17.6 Å². The van der Waals surface area contributed by atoms with E-state index in [-0.39, 0.29) is 16.7 Å². The van der Waals surface area contributed by atoms with Gasteiger partial charge in [-0.2, -0.15) is 0 Å². The summed E-state index contributed by atoms with van der Waals surface area (Å²) in [6.07, 6.45) is 1.60. The van der Waals surface area contributed by atoms with Crippen LogP contribution in [0.3, 0.4) is 0 Å². The van der Waals surface area contributed by atoms with E-state index in [0.29, 0.717) is 18.3 Å². The van der Waals surface area contributed by atoms with Gasteiger partial charge < -0.3 is 5.73 Å². The highest BCUT2D eigenvalue weighted by molar-refractivity contribution is 5.39. The van der Waals surface area contributed by atoms with Gasteiger partial charge in [0.2, 0.25) is 0 Å². The average molecular weight is 250 g/mol. The molecule has 0 fully saturated rings. The van der Waals surface area contributed by atoms with Crippen LogP contribution in [0.2, 0.25) is 0 Å². The van der Waals surface area contributed by atoms with Crippen molar-refractivity contribution in [1.29, 1.82) is 0 Å².